The van der Waals surface area contributed by atoms with Crippen LogP contribution in [0.25, 0.3) is 10.9 Å². The first kappa shape index (κ1) is 12.0. The van der Waals surface area contributed by atoms with Crippen molar-refractivity contribution in [3.05, 3.63) is 30.0 Å². The molecule has 0 spiro atoms. The normalized spacial score (nSPS) is 16.6. The number of aromatic amines is 1. The lowest BCUT2D eigenvalue weighted by molar-refractivity contribution is 0.0697. The van der Waals surface area contributed by atoms with Gasteiger partial charge < -0.3 is 20.8 Å². The standard InChI is InChI=1S/C14H17N3O2/c15-9-1-2-11-12(8-16-13(11)7-9)14(18)17-10-3-5-19-6-4-10/h1-2,7-8,10,16H,3-6,15H2,(H,17,18). The van der Waals surface area contributed by atoms with Crippen LogP contribution in [-0.4, -0.2) is 30.1 Å². The number of nitrogens with two attached hydrogens (primary N) is 1. The molecule has 4 N–H and O–H groups in total. The number of nitrogen functional groups attached to an aromatic ring is 1. The number of fused-ring (bicyclic) bond motifs is 1. The molecule has 1 fully saturated rings. The smallest absolute Gasteiger partial charge is 0.253 e. The van der Waals surface area contributed by atoms with E-state index in [0.717, 1.165) is 37.0 Å². The third-order valence-electron chi connectivity index (χ3n) is 3.51. The van der Waals surface area contributed by atoms with Crippen LogP contribution >= 0.6 is 0 Å². The minimum Gasteiger partial charge on any atom is -0.399 e. The van der Waals surface area contributed by atoms with Gasteiger partial charge in [0.15, 0.2) is 0 Å². The molecule has 1 aliphatic rings. The van der Waals surface area contributed by atoms with Crippen LogP contribution in [0.3, 0.4) is 0 Å². The number of amides is 1. The van der Waals surface area contributed by atoms with E-state index in [0.29, 0.717) is 11.3 Å². The van der Waals surface area contributed by atoms with Crippen LogP contribution in [0.2, 0.25) is 0 Å². The molecule has 1 amide bonds. The molecule has 0 radical (unpaired) electrons. The summed E-state index contributed by atoms with van der Waals surface area (Å²) >= 11 is 0. The molecule has 19 heavy (non-hydrogen) atoms. The zero-order valence-corrected chi connectivity index (χ0v) is 10.6. The number of hydrogen-bond acceptors (Lipinski definition) is 3. The molecule has 100 valence electrons. The maximum Gasteiger partial charge on any atom is 0.253 e. The first-order valence-corrected chi connectivity index (χ1v) is 6.49. The lowest BCUT2D eigenvalue weighted by Crippen LogP contribution is -2.38. The molecule has 2 heterocycles. The highest BCUT2D eigenvalue weighted by molar-refractivity contribution is 6.07. The van der Waals surface area contributed by atoms with Crippen LogP contribution in [0.15, 0.2) is 24.4 Å². The number of nitrogens with one attached hydrogen (secondary N) is 2. The van der Waals surface area contributed by atoms with Crippen LogP contribution in [-0.2, 0) is 4.74 Å². The van der Waals surface area contributed by atoms with E-state index in [2.05, 4.69) is 10.3 Å². The topological polar surface area (TPSA) is 80.1 Å². The Hall–Kier alpha value is -2.01. The number of H-pyrrole nitrogens is 1. The summed E-state index contributed by atoms with van der Waals surface area (Å²) in [6.07, 6.45) is 3.49. The highest BCUT2D eigenvalue weighted by atomic mass is 16.5. The molecule has 1 saturated heterocycles. The van der Waals surface area contributed by atoms with Crippen LogP contribution in [0, 0.1) is 0 Å². The van der Waals surface area contributed by atoms with Gasteiger partial charge in [-0.15, -0.1) is 0 Å². The zero-order chi connectivity index (χ0) is 13.2. The van der Waals surface area contributed by atoms with Crippen molar-refractivity contribution in [1.82, 2.24) is 10.3 Å². The van der Waals surface area contributed by atoms with Gasteiger partial charge in [0, 0.05) is 42.0 Å². The summed E-state index contributed by atoms with van der Waals surface area (Å²) in [4.78, 5) is 15.4. The molecule has 1 aromatic heterocycles. The van der Waals surface area contributed by atoms with Crippen molar-refractivity contribution in [3.8, 4) is 0 Å². The van der Waals surface area contributed by atoms with Crippen LogP contribution in [0.5, 0.6) is 0 Å². The van der Waals surface area contributed by atoms with Gasteiger partial charge in [0.25, 0.3) is 5.91 Å². The molecule has 0 unspecified atom stereocenters. The SMILES string of the molecule is Nc1ccc2c(C(=O)NC3CCOCC3)c[nH]c2c1. The molecule has 0 aliphatic carbocycles. The molecule has 0 bridgehead atoms. The van der Waals surface area contributed by atoms with Gasteiger partial charge in [-0.25, -0.2) is 0 Å². The Morgan fingerprint density at radius 1 is 1.37 bits per heavy atom. The van der Waals surface area contributed by atoms with Crippen molar-refractivity contribution in [2.24, 2.45) is 0 Å². The predicted molar refractivity (Wildman–Crippen MR) is 74.0 cm³/mol. The van der Waals surface area contributed by atoms with Crippen LogP contribution < -0.4 is 11.1 Å². The highest BCUT2D eigenvalue weighted by Crippen LogP contribution is 2.21. The lowest BCUT2D eigenvalue weighted by atomic mass is 10.1. The third-order valence-corrected chi connectivity index (χ3v) is 3.51. The number of hydrogen-bond donors (Lipinski definition) is 3. The summed E-state index contributed by atoms with van der Waals surface area (Å²) in [7, 11) is 0. The van der Waals surface area contributed by atoms with Gasteiger partial charge in [0.1, 0.15) is 0 Å². The van der Waals surface area contributed by atoms with Gasteiger partial charge in [-0.3, -0.25) is 4.79 Å². The maximum absolute atomic E-state index is 12.3. The molecule has 5 nitrogen and oxygen atoms in total. The van der Waals surface area contributed by atoms with Gasteiger partial charge in [-0.1, -0.05) is 0 Å². The van der Waals surface area contributed by atoms with E-state index >= 15 is 0 Å². The number of carbonyl (C=O) groups excluding carboxylic acids is 1. The van der Waals surface area contributed by atoms with Gasteiger partial charge in [-0.05, 0) is 31.0 Å². The van der Waals surface area contributed by atoms with E-state index < -0.39 is 0 Å². The number of aromatic nitrogens is 1. The summed E-state index contributed by atoms with van der Waals surface area (Å²) in [6, 6.07) is 5.72. The van der Waals surface area contributed by atoms with E-state index in [-0.39, 0.29) is 11.9 Å². The van der Waals surface area contributed by atoms with Crippen molar-refractivity contribution >= 4 is 22.5 Å². The fraction of sp³-hybridized carbons (Fsp3) is 0.357. The van der Waals surface area contributed by atoms with Crippen LogP contribution in [0.1, 0.15) is 23.2 Å². The molecular weight excluding hydrogens is 242 g/mol. The van der Waals surface area contributed by atoms with Crippen molar-refractivity contribution in [1.29, 1.82) is 0 Å². The highest BCUT2D eigenvalue weighted by Gasteiger charge is 2.18. The Labute approximate surface area is 111 Å². The number of ether oxygens (including phenoxy) is 1. The second-order valence-corrected chi connectivity index (χ2v) is 4.87. The minimum atomic E-state index is -0.0390. The summed E-state index contributed by atoms with van der Waals surface area (Å²) in [6.45, 7) is 1.44. The lowest BCUT2D eigenvalue weighted by Gasteiger charge is -2.22. The number of benzene rings is 1. The minimum absolute atomic E-state index is 0.0390. The number of rotatable bonds is 2. The van der Waals surface area contributed by atoms with Crippen molar-refractivity contribution in [2.45, 2.75) is 18.9 Å². The fourth-order valence-electron chi connectivity index (χ4n) is 2.44. The average molecular weight is 259 g/mol. The Bertz CT molecular complexity index is 600. The first-order valence-electron chi connectivity index (χ1n) is 6.49. The van der Waals surface area contributed by atoms with Crippen LogP contribution in [0.4, 0.5) is 5.69 Å². The Morgan fingerprint density at radius 2 is 2.16 bits per heavy atom. The third kappa shape index (κ3) is 2.42. The van der Waals surface area contributed by atoms with E-state index in [1.165, 1.54) is 0 Å². The maximum atomic E-state index is 12.3. The number of anilines is 1. The fourth-order valence-corrected chi connectivity index (χ4v) is 2.44. The van der Waals surface area contributed by atoms with Crippen molar-refractivity contribution < 1.29 is 9.53 Å². The molecule has 0 saturated carbocycles. The molecule has 1 aliphatic heterocycles. The largest absolute Gasteiger partial charge is 0.399 e. The van der Waals surface area contributed by atoms with Crippen molar-refractivity contribution in [3.63, 3.8) is 0 Å². The first-order chi connectivity index (χ1) is 9.24. The van der Waals surface area contributed by atoms with Gasteiger partial charge in [0.2, 0.25) is 0 Å². The molecular formula is C14H17N3O2. The summed E-state index contributed by atoms with van der Waals surface area (Å²) < 4.78 is 5.28. The summed E-state index contributed by atoms with van der Waals surface area (Å²) in [5.74, 6) is -0.0390. The molecule has 3 rings (SSSR count). The summed E-state index contributed by atoms with van der Waals surface area (Å²) in [5.41, 5.74) is 7.96. The van der Waals surface area contributed by atoms with Gasteiger partial charge >= 0.3 is 0 Å². The molecule has 5 heteroatoms. The Morgan fingerprint density at radius 3 is 2.95 bits per heavy atom. The summed E-state index contributed by atoms with van der Waals surface area (Å²) in [5, 5.41) is 3.96. The quantitative estimate of drug-likeness (QED) is 0.717. The van der Waals surface area contributed by atoms with Gasteiger partial charge in [0.05, 0.1) is 5.56 Å². The Kier molecular flexibility index (Phi) is 3.13. The molecule has 1 aromatic carbocycles. The molecule has 2 aromatic rings. The Balaban J connectivity index is 1.81. The molecule has 0 atom stereocenters. The second kappa shape index (κ2) is 4.93. The van der Waals surface area contributed by atoms with E-state index in [1.54, 1.807) is 12.3 Å². The monoisotopic (exact) mass is 259 g/mol. The van der Waals surface area contributed by atoms with E-state index in [1.807, 2.05) is 12.1 Å². The number of carbonyl (C=O) groups is 1. The predicted octanol–water partition coefficient (Wildman–Crippen LogP) is 1.66. The average Bonchev–Trinajstić information content (AvgIpc) is 2.82. The zero-order valence-electron chi connectivity index (χ0n) is 10.6. The van der Waals surface area contributed by atoms with E-state index in [9.17, 15) is 4.79 Å². The van der Waals surface area contributed by atoms with Gasteiger partial charge in [-0.2, -0.15) is 0 Å². The van der Waals surface area contributed by atoms with Crippen molar-refractivity contribution in [2.75, 3.05) is 18.9 Å². The second-order valence-electron chi connectivity index (χ2n) is 4.87. The van der Waals surface area contributed by atoms with E-state index in [4.69, 9.17) is 10.5 Å².